The number of fused-ring (bicyclic) bond motifs is 1. The van der Waals surface area contributed by atoms with E-state index in [1.54, 1.807) is 0 Å². The summed E-state index contributed by atoms with van der Waals surface area (Å²) in [7, 11) is 0. The quantitative estimate of drug-likeness (QED) is 0.784. The summed E-state index contributed by atoms with van der Waals surface area (Å²) in [4.78, 5) is 0. The summed E-state index contributed by atoms with van der Waals surface area (Å²) in [5.74, 6) is 0. The van der Waals surface area contributed by atoms with Gasteiger partial charge in [0, 0.05) is 29.1 Å². The Morgan fingerprint density at radius 3 is 2.50 bits per heavy atom. The summed E-state index contributed by atoms with van der Waals surface area (Å²) in [6, 6.07) is 18.6. The molecule has 1 aliphatic rings. The molecule has 0 unspecified atom stereocenters. The first-order chi connectivity index (χ1) is 11.8. The first-order valence-electron chi connectivity index (χ1n) is 8.40. The summed E-state index contributed by atoms with van der Waals surface area (Å²) in [6.45, 7) is 2.79. The van der Waals surface area contributed by atoms with Crippen molar-refractivity contribution in [1.29, 1.82) is 0 Å². The van der Waals surface area contributed by atoms with Crippen molar-refractivity contribution in [3.05, 3.63) is 76.4 Å². The zero-order chi connectivity index (χ0) is 16.4. The van der Waals surface area contributed by atoms with Gasteiger partial charge in [0.15, 0.2) is 0 Å². The molecule has 4 rings (SSSR count). The Morgan fingerprint density at radius 1 is 0.958 bits per heavy atom. The van der Waals surface area contributed by atoms with Crippen LogP contribution in [0.1, 0.15) is 16.8 Å². The Hall–Kier alpha value is -2.10. The average molecular weight is 338 g/mol. The number of nitrogens with zero attached hydrogens (tertiary/aromatic N) is 2. The Bertz CT molecular complexity index is 822. The fraction of sp³-hybridized carbons (Fsp3) is 0.250. The van der Waals surface area contributed by atoms with Crippen molar-refractivity contribution in [1.82, 2.24) is 15.1 Å². The van der Waals surface area contributed by atoms with Crippen LogP contribution in [0.15, 0.2) is 54.6 Å². The van der Waals surface area contributed by atoms with E-state index >= 15 is 0 Å². The van der Waals surface area contributed by atoms with Gasteiger partial charge in [0.25, 0.3) is 0 Å². The molecule has 1 N–H and O–H groups in total. The third-order valence-corrected chi connectivity index (χ3v) is 4.77. The van der Waals surface area contributed by atoms with Crippen LogP contribution in [0, 0.1) is 0 Å². The molecule has 0 saturated carbocycles. The Kier molecular flexibility index (Phi) is 4.37. The van der Waals surface area contributed by atoms with Crippen molar-refractivity contribution in [2.24, 2.45) is 0 Å². The molecule has 1 aromatic heterocycles. The number of halogens is 1. The molecule has 0 atom stereocenters. The van der Waals surface area contributed by atoms with Crippen LogP contribution in [0.5, 0.6) is 0 Å². The van der Waals surface area contributed by atoms with Gasteiger partial charge in [0.1, 0.15) is 0 Å². The lowest BCUT2D eigenvalue weighted by molar-refractivity contribution is 0.655. The van der Waals surface area contributed by atoms with E-state index < -0.39 is 0 Å². The van der Waals surface area contributed by atoms with Crippen LogP contribution in [0.2, 0.25) is 5.02 Å². The maximum Gasteiger partial charge on any atom is 0.0721 e. The molecule has 0 radical (unpaired) electrons. The van der Waals surface area contributed by atoms with Crippen LogP contribution >= 0.6 is 11.6 Å². The van der Waals surface area contributed by atoms with Gasteiger partial charge in [-0.05, 0) is 30.7 Å². The predicted molar refractivity (Wildman–Crippen MR) is 98.5 cm³/mol. The van der Waals surface area contributed by atoms with Crippen LogP contribution < -0.4 is 5.32 Å². The smallest absolute Gasteiger partial charge is 0.0721 e. The number of nitrogens with one attached hydrogen (secondary N) is 1. The van der Waals surface area contributed by atoms with Crippen LogP contribution in [-0.4, -0.2) is 22.9 Å². The first-order valence-corrected chi connectivity index (χ1v) is 8.78. The zero-order valence-electron chi connectivity index (χ0n) is 13.5. The number of hydrogen-bond donors (Lipinski definition) is 1. The van der Waals surface area contributed by atoms with Crippen molar-refractivity contribution >= 4 is 11.6 Å². The van der Waals surface area contributed by atoms with E-state index in [-0.39, 0.29) is 0 Å². The number of hydrogen-bond acceptors (Lipinski definition) is 2. The van der Waals surface area contributed by atoms with Crippen LogP contribution in [0.4, 0.5) is 0 Å². The minimum absolute atomic E-state index is 0.764. The normalized spacial score (nSPS) is 14.2. The average Bonchev–Trinajstić information content (AvgIpc) is 2.78. The monoisotopic (exact) mass is 337 g/mol. The third-order valence-electron chi connectivity index (χ3n) is 4.52. The molecule has 0 saturated heterocycles. The molecule has 0 amide bonds. The lowest BCUT2D eigenvalue weighted by Crippen LogP contribution is -2.17. The first kappa shape index (κ1) is 15.4. The van der Waals surface area contributed by atoms with Gasteiger partial charge in [-0.25, -0.2) is 0 Å². The van der Waals surface area contributed by atoms with E-state index in [4.69, 9.17) is 16.7 Å². The maximum absolute atomic E-state index is 6.08. The van der Waals surface area contributed by atoms with Crippen LogP contribution in [0.3, 0.4) is 0 Å². The summed E-state index contributed by atoms with van der Waals surface area (Å²) in [5, 5.41) is 9.18. The van der Waals surface area contributed by atoms with Gasteiger partial charge in [-0.3, -0.25) is 4.68 Å². The molecular formula is C20H20ClN3. The fourth-order valence-electron chi connectivity index (χ4n) is 3.36. The van der Waals surface area contributed by atoms with Gasteiger partial charge in [0.05, 0.1) is 17.9 Å². The number of aromatic nitrogens is 2. The predicted octanol–water partition coefficient (Wildman–Crippen LogP) is 3.94. The molecule has 3 nitrogen and oxygen atoms in total. The number of rotatable bonds is 3. The Balaban J connectivity index is 1.81. The highest BCUT2D eigenvalue weighted by atomic mass is 35.5. The SMILES string of the molecule is Clc1ccc(-c2c3c(nn2Cc2ccccc2)CCNCC3)cc1. The second-order valence-corrected chi connectivity index (χ2v) is 6.61. The molecule has 0 bridgehead atoms. The molecule has 0 fully saturated rings. The molecule has 2 aromatic carbocycles. The van der Waals surface area contributed by atoms with Crippen molar-refractivity contribution in [3.8, 4) is 11.3 Å². The topological polar surface area (TPSA) is 29.9 Å². The second kappa shape index (κ2) is 6.80. The molecule has 4 heteroatoms. The van der Waals surface area contributed by atoms with Crippen molar-refractivity contribution in [3.63, 3.8) is 0 Å². The Labute approximate surface area is 147 Å². The highest BCUT2D eigenvalue weighted by Gasteiger charge is 2.20. The van der Waals surface area contributed by atoms with Gasteiger partial charge >= 0.3 is 0 Å². The third kappa shape index (κ3) is 3.10. The maximum atomic E-state index is 6.08. The molecule has 0 spiro atoms. The highest BCUT2D eigenvalue weighted by molar-refractivity contribution is 6.30. The van der Waals surface area contributed by atoms with Gasteiger partial charge in [0.2, 0.25) is 0 Å². The molecular weight excluding hydrogens is 318 g/mol. The highest BCUT2D eigenvalue weighted by Crippen LogP contribution is 2.30. The molecule has 122 valence electrons. The summed E-state index contributed by atoms with van der Waals surface area (Å²) in [5.41, 5.74) is 6.28. The molecule has 1 aliphatic heterocycles. The number of benzene rings is 2. The van der Waals surface area contributed by atoms with E-state index in [0.717, 1.165) is 37.5 Å². The molecule has 2 heterocycles. The standard InChI is InChI=1S/C20H20ClN3/c21-17-8-6-16(7-9-17)20-18-10-12-22-13-11-19(18)23-24(20)14-15-4-2-1-3-5-15/h1-9,22H,10-14H2. The summed E-state index contributed by atoms with van der Waals surface area (Å²) >= 11 is 6.08. The van der Waals surface area contributed by atoms with Crippen molar-refractivity contribution in [2.45, 2.75) is 19.4 Å². The van der Waals surface area contributed by atoms with E-state index in [2.05, 4.69) is 46.4 Å². The summed E-state index contributed by atoms with van der Waals surface area (Å²) in [6.07, 6.45) is 2.00. The Morgan fingerprint density at radius 2 is 1.71 bits per heavy atom. The van der Waals surface area contributed by atoms with Crippen molar-refractivity contribution < 1.29 is 0 Å². The zero-order valence-corrected chi connectivity index (χ0v) is 14.3. The van der Waals surface area contributed by atoms with Crippen LogP contribution in [-0.2, 0) is 19.4 Å². The van der Waals surface area contributed by atoms with E-state index in [9.17, 15) is 0 Å². The van der Waals surface area contributed by atoms with E-state index in [1.165, 1.54) is 28.1 Å². The van der Waals surface area contributed by atoms with E-state index in [1.807, 2.05) is 18.2 Å². The minimum atomic E-state index is 0.764. The van der Waals surface area contributed by atoms with Crippen LogP contribution in [0.25, 0.3) is 11.3 Å². The minimum Gasteiger partial charge on any atom is -0.316 e. The summed E-state index contributed by atoms with van der Waals surface area (Å²) < 4.78 is 2.16. The lowest BCUT2D eigenvalue weighted by atomic mass is 10.0. The van der Waals surface area contributed by atoms with Gasteiger partial charge < -0.3 is 5.32 Å². The lowest BCUT2D eigenvalue weighted by Gasteiger charge is -2.11. The fourth-order valence-corrected chi connectivity index (χ4v) is 3.49. The second-order valence-electron chi connectivity index (χ2n) is 6.17. The van der Waals surface area contributed by atoms with E-state index in [0.29, 0.717) is 0 Å². The molecule has 0 aliphatic carbocycles. The van der Waals surface area contributed by atoms with Gasteiger partial charge in [-0.2, -0.15) is 5.10 Å². The molecule has 24 heavy (non-hydrogen) atoms. The van der Waals surface area contributed by atoms with Gasteiger partial charge in [-0.15, -0.1) is 0 Å². The van der Waals surface area contributed by atoms with Gasteiger partial charge in [-0.1, -0.05) is 54.1 Å². The molecule has 3 aromatic rings. The largest absolute Gasteiger partial charge is 0.316 e. The van der Waals surface area contributed by atoms with Crippen molar-refractivity contribution in [2.75, 3.05) is 13.1 Å².